The maximum atomic E-state index is 11.8. The lowest BCUT2D eigenvalue weighted by molar-refractivity contribution is -0.400. The van der Waals surface area contributed by atoms with E-state index in [2.05, 4.69) is 35.5 Å². The van der Waals surface area contributed by atoms with Crippen molar-refractivity contribution in [1.82, 2.24) is 19.6 Å². The average molecular weight is 688 g/mol. The Hall–Kier alpha value is -4.69. The Kier molecular flexibility index (Phi) is 11.6. The number of aliphatic carboxylic acids is 3. The van der Waals surface area contributed by atoms with Crippen molar-refractivity contribution in [2.24, 2.45) is 4.99 Å². The molecule has 0 aliphatic carbocycles. The van der Waals surface area contributed by atoms with E-state index >= 15 is 0 Å². The minimum Gasteiger partial charge on any atom is -0.505 e. The number of para-hydroxylation sites is 1. The van der Waals surface area contributed by atoms with Crippen LogP contribution in [0.3, 0.4) is 0 Å². The fourth-order valence-electron chi connectivity index (χ4n) is 7.01. The molecule has 50 heavy (non-hydrogen) atoms. The maximum Gasteiger partial charge on any atom is 0.317 e. The zero-order chi connectivity index (χ0) is 36.0. The molecule has 1 saturated heterocycles. The van der Waals surface area contributed by atoms with Crippen molar-refractivity contribution < 1.29 is 39.4 Å². The monoisotopic (exact) mass is 687 g/mol. The number of hydrogen-bond acceptors (Lipinski definition) is 9. The largest absolute Gasteiger partial charge is 0.505 e. The number of nitrogens with zero attached hydrogens (tertiary/aromatic N) is 6. The van der Waals surface area contributed by atoms with E-state index in [1.807, 2.05) is 55.7 Å². The molecular formula is C37H47N6O7+. The van der Waals surface area contributed by atoms with E-state index in [9.17, 15) is 34.8 Å². The van der Waals surface area contributed by atoms with Gasteiger partial charge in [-0.1, -0.05) is 42.5 Å². The number of carboxylic acid groups (broad SMARTS) is 3. The third-order valence-corrected chi connectivity index (χ3v) is 9.73. The number of rotatable bonds is 10. The number of carboxylic acids is 3. The molecule has 0 atom stereocenters. The highest BCUT2D eigenvalue weighted by molar-refractivity contribution is 6.34. The fraction of sp³-hybridized carbons (Fsp3) is 0.432. The SMILES string of the molecule is C[N+]1=C(C=Nc2c(O)c(CN3CCN(CC(=O)O)CCN(CC(=O)O)CCN(CC(=O)O)CC3)cc3ccccc23)C(C)(C)c2ccccc21. The molecule has 5 rings (SSSR count). The first-order valence-electron chi connectivity index (χ1n) is 16.9. The van der Waals surface area contributed by atoms with Crippen LogP contribution in [0.15, 0.2) is 59.6 Å². The van der Waals surface area contributed by atoms with Gasteiger partial charge in [0.2, 0.25) is 11.4 Å². The van der Waals surface area contributed by atoms with Crippen LogP contribution in [0.5, 0.6) is 5.75 Å². The smallest absolute Gasteiger partial charge is 0.317 e. The minimum atomic E-state index is -1.00. The summed E-state index contributed by atoms with van der Waals surface area (Å²) in [5.74, 6) is -2.91. The van der Waals surface area contributed by atoms with Crippen LogP contribution < -0.4 is 0 Å². The number of fused-ring (bicyclic) bond motifs is 2. The normalized spacial score (nSPS) is 18.6. The van der Waals surface area contributed by atoms with E-state index in [1.54, 1.807) is 14.7 Å². The van der Waals surface area contributed by atoms with Crippen LogP contribution in [0.25, 0.3) is 10.8 Å². The number of hydrogen-bond donors (Lipinski definition) is 4. The van der Waals surface area contributed by atoms with Crippen LogP contribution in [0.1, 0.15) is 25.0 Å². The van der Waals surface area contributed by atoms with Crippen molar-refractivity contribution in [2.45, 2.75) is 25.8 Å². The molecule has 3 aromatic rings. The highest BCUT2D eigenvalue weighted by atomic mass is 16.4. The summed E-state index contributed by atoms with van der Waals surface area (Å²) in [6.45, 7) is 6.96. The lowest BCUT2D eigenvalue weighted by atomic mass is 9.82. The Morgan fingerprint density at radius 1 is 0.760 bits per heavy atom. The molecule has 2 aliphatic heterocycles. The van der Waals surface area contributed by atoms with Crippen LogP contribution in [-0.4, -0.2) is 153 Å². The quantitative estimate of drug-likeness (QED) is 0.183. The minimum absolute atomic E-state index is 0.0525. The average Bonchev–Trinajstić information content (AvgIpc) is 3.25. The molecule has 4 N–H and O–H groups in total. The van der Waals surface area contributed by atoms with E-state index in [0.29, 0.717) is 70.2 Å². The summed E-state index contributed by atoms with van der Waals surface area (Å²) in [5, 5.41) is 42.2. The van der Waals surface area contributed by atoms with Gasteiger partial charge in [-0.15, -0.1) is 0 Å². The molecule has 266 valence electrons. The second-order valence-electron chi connectivity index (χ2n) is 13.6. The number of aliphatic imine (C=N–C) groups is 1. The van der Waals surface area contributed by atoms with Crippen molar-refractivity contribution in [2.75, 3.05) is 79.0 Å². The summed E-state index contributed by atoms with van der Waals surface area (Å²) < 4.78 is 2.13. The van der Waals surface area contributed by atoms with Gasteiger partial charge >= 0.3 is 17.9 Å². The number of carbonyl (C=O) groups is 3. The fourth-order valence-corrected chi connectivity index (χ4v) is 7.01. The summed E-state index contributed by atoms with van der Waals surface area (Å²) >= 11 is 0. The van der Waals surface area contributed by atoms with E-state index in [1.165, 1.54) is 5.56 Å². The van der Waals surface area contributed by atoms with Gasteiger partial charge in [-0.05, 0) is 25.3 Å². The van der Waals surface area contributed by atoms with Crippen LogP contribution in [0.2, 0.25) is 0 Å². The summed E-state index contributed by atoms with van der Waals surface area (Å²) in [5.41, 5.74) is 4.11. The number of aromatic hydroxyl groups is 1. The highest BCUT2D eigenvalue weighted by Gasteiger charge is 2.43. The number of phenolic OH excluding ortho intramolecular Hbond substituents is 1. The topological polar surface area (TPSA) is 160 Å². The van der Waals surface area contributed by atoms with E-state index in [4.69, 9.17) is 4.99 Å². The molecule has 0 saturated carbocycles. The van der Waals surface area contributed by atoms with Crippen molar-refractivity contribution in [3.63, 3.8) is 0 Å². The van der Waals surface area contributed by atoms with Gasteiger partial charge in [-0.2, -0.15) is 4.58 Å². The number of phenols is 1. The van der Waals surface area contributed by atoms with Gasteiger partial charge in [0.25, 0.3) is 0 Å². The second kappa shape index (κ2) is 15.9. The van der Waals surface area contributed by atoms with Crippen LogP contribution in [0, 0.1) is 0 Å². The molecular weight excluding hydrogens is 640 g/mol. The maximum absolute atomic E-state index is 11.8. The molecule has 13 nitrogen and oxygen atoms in total. The van der Waals surface area contributed by atoms with Crippen LogP contribution >= 0.6 is 0 Å². The lowest BCUT2D eigenvalue weighted by Crippen LogP contribution is -2.48. The van der Waals surface area contributed by atoms with E-state index in [0.717, 1.165) is 22.2 Å². The summed E-state index contributed by atoms with van der Waals surface area (Å²) in [7, 11) is 2.02. The van der Waals surface area contributed by atoms with Gasteiger partial charge in [0, 0.05) is 81.5 Å². The predicted molar refractivity (Wildman–Crippen MR) is 192 cm³/mol. The Labute approximate surface area is 292 Å². The highest BCUT2D eigenvalue weighted by Crippen LogP contribution is 2.41. The number of benzene rings is 3. The predicted octanol–water partition coefficient (Wildman–Crippen LogP) is 2.93. The Bertz CT molecular complexity index is 1770. The van der Waals surface area contributed by atoms with Gasteiger partial charge in [0.15, 0.2) is 0 Å². The van der Waals surface area contributed by atoms with Gasteiger partial charge in [0.1, 0.15) is 18.5 Å². The lowest BCUT2D eigenvalue weighted by Gasteiger charge is -2.33. The molecule has 0 amide bonds. The second-order valence-corrected chi connectivity index (χ2v) is 13.6. The van der Waals surface area contributed by atoms with Gasteiger partial charge in [-0.3, -0.25) is 34.0 Å². The summed E-state index contributed by atoms with van der Waals surface area (Å²) in [6.07, 6.45) is 1.84. The third-order valence-electron chi connectivity index (χ3n) is 9.73. The molecule has 13 heteroatoms. The Morgan fingerprint density at radius 3 is 1.76 bits per heavy atom. The molecule has 0 unspecified atom stereocenters. The molecule has 0 bridgehead atoms. The first kappa shape index (κ1) is 36.6. The van der Waals surface area contributed by atoms with E-state index < -0.39 is 17.9 Å². The molecule has 1 fully saturated rings. The first-order valence-corrected chi connectivity index (χ1v) is 16.9. The van der Waals surface area contributed by atoms with Crippen molar-refractivity contribution in [1.29, 1.82) is 0 Å². The Morgan fingerprint density at radius 2 is 1.24 bits per heavy atom. The standard InChI is InChI=1S/C37H46N6O7/c1-37(2)29-10-6-7-11-30(29)39(3)31(37)21-38-35-28-9-5-4-8-26(28)20-27(36(35)50)22-40-12-14-41(23-32(44)45)16-18-43(25-34(48)49)19-17-42(15-13-40)24-33(46)47/h4-11,20-21H,12-19,22-25H2,1-3H3,(H3,44,45,46,47,48,49)/p+1. The molecule has 0 aromatic heterocycles. The van der Waals surface area contributed by atoms with Crippen molar-refractivity contribution in [3.8, 4) is 5.75 Å². The zero-order valence-electron chi connectivity index (χ0n) is 29.0. The first-order chi connectivity index (χ1) is 23.8. The Balaban J connectivity index is 1.46. The van der Waals surface area contributed by atoms with Crippen molar-refractivity contribution >= 4 is 52.0 Å². The molecule has 2 heterocycles. The molecule has 2 aliphatic rings. The van der Waals surface area contributed by atoms with Gasteiger partial charge in [-0.25, -0.2) is 4.99 Å². The summed E-state index contributed by atoms with van der Waals surface area (Å²) in [4.78, 5) is 47.3. The van der Waals surface area contributed by atoms with Crippen molar-refractivity contribution in [3.05, 3.63) is 65.7 Å². The third kappa shape index (κ3) is 8.72. The van der Waals surface area contributed by atoms with E-state index in [-0.39, 0.29) is 30.8 Å². The zero-order valence-corrected chi connectivity index (χ0v) is 29.0. The van der Waals surface area contributed by atoms with Gasteiger partial charge in [0.05, 0.1) is 31.3 Å². The van der Waals surface area contributed by atoms with Crippen LogP contribution in [-0.2, 0) is 26.3 Å². The molecule has 3 aromatic carbocycles. The molecule has 0 spiro atoms. The molecule has 0 radical (unpaired) electrons. The summed E-state index contributed by atoms with van der Waals surface area (Å²) in [6, 6.07) is 18.0. The van der Waals surface area contributed by atoms with Crippen LogP contribution in [0.4, 0.5) is 11.4 Å². The van der Waals surface area contributed by atoms with Gasteiger partial charge < -0.3 is 20.4 Å².